The van der Waals surface area contributed by atoms with Gasteiger partial charge in [0, 0.05) is 7.11 Å². The van der Waals surface area contributed by atoms with Crippen molar-refractivity contribution in [3.05, 3.63) is 59.7 Å². The van der Waals surface area contributed by atoms with Gasteiger partial charge in [-0.05, 0) is 30.2 Å². The van der Waals surface area contributed by atoms with E-state index < -0.39 is 6.10 Å². The summed E-state index contributed by atoms with van der Waals surface area (Å²) in [5.41, 5.74) is 2.27. The molecule has 0 aliphatic carbocycles. The minimum atomic E-state index is -0.677. The van der Waals surface area contributed by atoms with Crippen LogP contribution in [0.4, 0.5) is 5.69 Å². The van der Waals surface area contributed by atoms with Crippen LogP contribution in [-0.4, -0.2) is 25.5 Å². The SMILES string of the molecule is CO[C@H](C(=O)N[C@@H](C)c1ccc2c(c1)NC(=O)CO2)c1ccccc1. The smallest absolute Gasteiger partial charge is 0.262 e. The maximum atomic E-state index is 12.6. The lowest BCUT2D eigenvalue weighted by Crippen LogP contribution is -2.32. The van der Waals surface area contributed by atoms with E-state index >= 15 is 0 Å². The molecule has 2 aromatic carbocycles. The molecule has 2 N–H and O–H groups in total. The van der Waals surface area contributed by atoms with E-state index in [1.165, 1.54) is 7.11 Å². The van der Waals surface area contributed by atoms with Crippen LogP contribution in [0, 0.1) is 0 Å². The van der Waals surface area contributed by atoms with Gasteiger partial charge >= 0.3 is 0 Å². The number of carbonyl (C=O) groups is 2. The lowest BCUT2D eigenvalue weighted by atomic mass is 10.0. The second-order valence-corrected chi connectivity index (χ2v) is 5.85. The van der Waals surface area contributed by atoms with Crippen molar-refractivity contribution in [3.8, 4) is 5.75 Å². The number of methoxy groups -OCH3 is 1. The molecule has 0 saturated carbocycles. The Morgan fingerprint density at radius 1 is 1.20 bits per heavy atom. The van der Waals surface area contributed by atoms with E-state index in [9.17, 15) is 9.59 Å². The topological polar surface area (TPSA) is 76.7 Å². The molecule has 25 heavy (non-hydrogen) atoms. The first-order valence-electron chi connectivity index (χ1n) is 8.03. The summed E-state index contributed by atoms with van der Waals surface area (Å²) in [5, 5.41) is 5.71. The van der Waals surface area contributed by atoms with Crippen LogP contribution in [0.15, 0.2) is 48.5 Å². The summed E-state index contributed by atoms with van der Waals surface area (Å²) in [6.45, 7) is 1.90. The minimum absolute atomic E-state index is 0.0191. The van der Waals surface area contributed by atoms with Crippen molar-refractivity contribution in [2.75, 3.05) is 19.0 Å². The van der Waals surface area contributed by atoms with E-state index in [-0.39, 0.29) is 24.5 Å². The van der Waals surface area contributed by atoms with Gasteiger partial charge in [0.15, 0.2) is 12.7 Å². The van der Waals surface area contributed by atoms with Gasteiger partial charge in [-0.2, -0.15) is 0 Å². The minimum Gasteiger partial charge on any atom is -0.482 e. The van der Waals surface area contributed by atoms with Gasteiger partial charge in [-0.25, -0.2) is 0 Å². The molecule has 0 spiro atoms. The highest BCUT2D eigenvalue weighted by atomic mass is 16.5. The summed E-state index contributed by atoms with van der Waals surface area (Å²) in [7, 11) is 1.51. The van der Waals surface area contributed by atoms with Crippen LogP contribution in [0.2, 0.25) is 0 Å². The van der Waals surface area contributed by atoms with Crippen LogP contribution in [0.3, 0.4) is 0 Å². The van der Waals surface area contributed by atoms with Crippen molar-refractivity contribution in [2.24, 2.45) is 0 Å². The first-order chi connectivity index (χ1) is 12.1. The van der Waals surface area contributed by atoms with Crippen LogP contribution in [-0.2, 0) is 14.3 Å². The van der Waals surface area contributed by atoms with Crippen molar-refractivity contribution in [1.29, 1.82) is 0 Å². The second kappa shape index (κ2) is 7.36. The Balaban J connectivity index is 1.73. The summed E-state index contributed by atoms with van der Waals surface area (Å²) >= 11 is 0. The molecular weight excluding hydrogens is 320 g/mol. The van der Waals surface area contributed by atoms with Gasteiger partial charge in [0.2, 0.25) is 0 Å². The molecule has 1 heterocycles. The number of carbonyl (C=O) groups excluding carboxylic acids is 2. The molecule has 2 atom stereocenters. The molecule has 0 aromatic heterocycles. The summed E-state index contributed by atoms with van der Waals surface area (Å²) in [5.74, 6) is 0.213. The molecule has 1 aliphatic heterocycles. The fourth-order valence-corrected chi connectivity index (χ4v) is 2.76. The average molecular weight is 340 g/mol. The summed E-state index contributed by atoms with van der Waals surface area (Å²) in [4.78, 5) is 24.0. The fraction of sp³-hybridized carbons (Fsp3) is 0.263. The largest absolute Gasteiger partial charge is 0.482 e. The van der Waals surface area contributed by atoms with Gasteiger partial charge in [-0.3, -0.25) is 9.59 Å². The molecule has 0 unspecified atom stereocenters. The highest BCUT2D eigenvalue weighted by Gasteiger charge is 2.23. The standard InChI is InChI=1S/C19H20N2O4/c1-12(14-8-9-16-15(10-14)21-17(22)11-25-16)20-19(23)18(24-2)13-6-4-3-5-7-13/h3-10,12,18H,11H2,1-2H3,(H,20,23)(H,21,22)/t12-,18-/m0/s1. The average Bonchev–Trinajstić information content (AvgIpc) is 2.62. The molecule has 2 aromatic rings. The fourth-order valence-electron chi connectivity index (χ4n) is 2.76. The molecule has 6 heteroatoms. The molecule has 0 bridgehead atoms. The number of anilines is 1. The van der Waals surface area contributed by atoms with E-state index in [1.54, 1.807) is 6.07 Å². The lowest BCUT2D eigenvalue weighted by Gasteiger charge is -2.22. The van der Waals surface area contributed by atoms with Gasteiger partial charge in [-0.1, -0.05) is 36.4 Å². The van der Waals surface area contributed by atoms with Crippen LogP contribution in [0.5, 0.6) is 5.75 Å². The molecule has 0 radical (unpaired) electrons. The number of hydrogen-bond acceptors (Lipinski definition) is 4. The Labute approximate surface area is 146 Å². The van der Waals surface area contributed by atoms with Gasteiger partial charge in [0.25, 0.3) is 11.8 Å². The number of ether oxygens (including phenoxy) is 2. The van der Waals surface area contributed by atoms with Gasteiger partial charge in [0.05, 0.1) is 11.7 Å². The Morgan fingerprint density at radius 3 is 2.68 bits per heavy atom. The highest BCUT2D eigenvalue weighted by Crippen LogP contribution is 2.30. The number of amides is 2. The second-order valence-electron chi connectivity index (χ2n) is 5.85. The van der Waals surface area contributed by atoms with Gasteiger partial charge < -0.3 is 20.1 Å². The van der Waals surface area contributed by atoms with E-state index in [4.69, 9.17) is 9.47 Å². The molecule has 6 nitrogen and oxygen atoms in total. The van der Waals surface area contributed by atoms with Crippen molar-refractivity contribution in [1.82, 2.24) is 5.32 Å². The predicted molar refractivity (Wildman–Crippen MR) is 93.3 cm³/mol. The zero-order chi connectivity index (χ0) is 17.8. The van der Waals surface area contributed by atoms with Crippen molar-refractivity contribution in [3.63, 3.8) is 0 Å². The van der Waals surface area contributed by atoms with E-state index in [1.807, 2.05) is 49.4 Å². The maximum absolute atomic E-state index is 12.6. The van der Waals surface area contributed by atoms with Crippen molar-refractivity contribution < 1.29 is 19.1 Å². The molecule has 2 amide bonds. The van der Waals surface area contributed by atoms with E-state index in [0.717, 1.165) is 11.1 Å². The number of nitrogens with one attached hydrogen (secondary N) is 2. The normalized spacial score (nSPS) is 15.4. The lowest BCUT2D eigenvalue weighted by molar-refractivity contribution is -0.132. The van der Waals surface area contributed by atoms with Crippen molar-refractivity contribution >= 4 is 17.5 Å². The number of rotatable bonds is 5. The zero-order valence-corrected chi connectivity index (χ0v) is 14.1. The molecular formula is C19H20N2O4. The third-order valence-electron chi connectivity index (χ3n) is 4.07. The van der Waals surface area contributed by atoms with Crippen LogP contribution in [0.25, 0.3) is 0 Å². The Morgan fingerprint density at radius 2 is 1.96 bits per heavy atom. The Hall–Kier alpha value is -2.86. The number of benzene rings is 2. The Kier molecular flexibility index (Phi) is 5.00. The number of fused-ring (bicyclic) bond motifs is 1. The molecule has 1 aliphatic rings. The highest BCUT2D eigenvalue weighted by molar-refractivity contribution is 5.95. The predicted octanol–water partition coefficient (Wildman–Crippen LogP) is 2.58. The molecule has 0 fully saturated rings. The van der Waals surface area contributed by atoms with Crippen LogP contribution < -0.4 is 15.4 Å². The van der Waals surface area contributed by atoms with E-state index in [2.05, 4.69) is 10.6 Å². The van der Waals surface area contributed by atoms with Crippen molar-refractivity contribution in [2.45, 2.75) is 19.1 Å². The quantitative estimate of drug-likeness (QED) is 0.877. The maximum Gasteiger partial charge on any atom is 0.262 e. The zero-order valence-electron chi connectivity index (χ0n) is 14.1. The summed E-state index contributed by atoms with van der Waals surface area (Å²) in [6.07, 6.45) is -0.677. The first-order valence-corrected chi connectivity index (χ1v) is 8.03. The number of hydrogen-bond donors (Lipinski definition) is 2. The first kappa shape index (κ1) is 17.0. The summed E-state index contributed by atoms with van der Waals surface area (Å²) < 4.78 is 10.7. The summed E-state index contributed by atoms with van der Waals surface area (Å²) in [6, 6.07) is 14.5. The monoisotopic (exact) mass is 340 g/mol. The molecule has 3 rings (SSSR count). The Bertz CT molecular complexity index is 776. The third-order valence-corrected chi connectivity index (χ3v) is 4.07. The third kappa shape index (κ3) is 3.80. The van der Waals surface area contributed by atoms with Crippen LogP contribution in [0.1, 0.15) is 30.2 Å². The van der Waals surface area contributed by atoms with Gasteiger partial charge in [0.1, 0.15) is 5.75 Å². The van der Waals surface area contributed by atoms with E-state index in [0.29, 0.717) is 11.4 Å². The molecule has 130 valence electrons. The van der Waals surface area contributed by atoms with Gasteiger partial charge in [-0.15, -0.1) is 0 Å². The van der Waals surface area contributed by atoms with Crippen LogP contribution >= 0.6 is 0 Å². The molecule has 0 saturated heterocycles.